The average Bonchev–Trinajstić information content (AvgIpc) is 1.61. The van der Waals surface area contributed by atoms with Crippen molar-refractivity contribution >= 4 is 201 Å². The van der Waals surface area contributed by atoms with Gasteiger partial charge in [-0.3, -0.25) is 43.2 Å². The Labute approximate surface area is 823 Å². The van der Waals surface area contributed by atoms with E-state index in [-0.39, 0.29) is 164 Å². The molecule has 12 aliphatic rings. The maximum absolute atomic E-state index is 12.0. The van der Waals surface area contributed by atoms with Crippen LogP contribution in [-0.4, -0.2) is 260 Å². The number of nitrogens with two attached hydrogens (primary N) is 1. The maximum Gasteiger partial charge on any atom is 0.308 e. The van der Waals surface area contributed by atoms with E-state index in [0.29, 0.717) is 133 Å². The van der Waals surface area contributed by atoms with Crippen molar-refractivity contribution in [3.8, 4) is 0 Å². The number of ether oxygens (including phenoxy) is 13. The predicted octanol–water partition coefficient (Wildman–Crippen LogP) is 13.3. The lowest BCUT2D eigenvalue weighted by atomic mass is 9.84. The molecule has 4 saturated carbocycles. The zero-order valence-electron chi connectivity index (χ0n) is 72.2. The van der Waals surface area contributed by atoms with Crippen molar-refractivity contribution in [3.05, 3.63) is 97.4 Å². The second-order valence-corrected chi connectivity index (χ2v) is 37.5. The monoisotopic (exact) mass is 2460 g/mol. The topological polar surface area (TPSA) is 428 Å². The van der Waals surface area contributed by atoms with Gasteiger partial charge in [0, 0.05) is 89.0 Å². The van der Waals surface area contributed by atoms with Crippen molar-refractivity contribution in [1.29, 1.82) is 0 Å². The van der Waals surface area contributed by atoms with E-state index in [4.69, 9.17) is 43.6 Å². The van der Waals surface area contributed by atoms with Gasteiger partial charge in [0.1, 0.15) is 101 Å². The summed E-state index contributed by atoms with van der Waals surface area (Å²) in [5.74, 6) is 1.58. The Morgan fingerprint density at radius 2 is 0.656 bits per heavy atom. The number of carbonyl (C=O) groups is 9. The van der Waals surface area contributed by atoms with Gasteiger partial charge in [-0.2, -0.15) is 0 Å². The first-order valence-electron chi connectivity index (χ1n) is 42.1. The zero-order valence-corrected chi connectivity index (χ0v) is 86.0. The molecule has 0 aromatic heterocycles. The molecule has 8 saturated heterocycles. The van der Waals surface area contributed by atoms with Gasteiger partial charge in [-0.05, 0) is 172 Å². The summed E-state index contributed by atoms with van der Waals surface area (Å²) in [6, 6.07) is 0. The maximum atomic E-state index is 12.0. The van der Waals surface area contributed by atoms with E-state index in [2.05, 4.69) is 186 Å². The first kappa shape index (κ1) is 115. The Morgan fingerprint density at radius 1 is 0.384 bits per heavy atom. The molecule has 3 spiro atoms. The largest absolute Gasteiger partial charge is 0.469 e. The number of hydrogen-bond donors (Lipinski definition) is 7. The van der Waals surface area contributed by atoms with Crippen LogP contribution in [0.5, 0.6) is 0 Å². The summed E-state index contributed by atoms with van der Waals surface area (Å²) in [5, 5.41) is 60.3. The summed E-state index contributed by atoms with van der Waals surface area (Å²) >= 11 is 12.5. The SMILES string of the molecule is C=C1C[C@@H](CC(=O)CC2CC2)O[C@H](/C=C/I)[C@H]1O.C=C1C[C@@H](CC(=O)CCCC(=O)OC)O[C@H](/C=C/I)[C@H]1O.C=C1C[C@@H](CC(=O)OC)O[C@H](/C=C/I)[C@H]1O.CC1CC1.COC(=O)CCCC(=O)C[C@@H]1C[C@@]2(CO2)[C@H](O)[C@@H](/C=C/I)O1.COC(=O)CCN.COC(=O)C[C@@H]1CC2(CC2)[C@H](O)[C@@H](/C=C/I)O1.Cl.O=C(CC1CC1)C[C@@H]1C[C@@]2(CO2)[C@H](O)[C@@H](/C=C/I)O1. The van der Waals surface area contributed by atoms with Gasteiger partial charge in [0.15, 0.2) is 0 Å². The number of epoxide rings is 2. The third kappa shape index (κ3) is 42.9. The van der Waals surface area contributed by atoms with E-state index in [1.165, 1.54) is 74.1 Å². The quantitative estimate of drug-likeness (QED) is 0.0108. The smallest absolute Gasteiger partial charge is 0.308 e. The Kier molecular flexibility index (Phi) is 55.4. The third-order valence-corrected chi connectivity index (χ3v) is 25.2. The number of aliphatic hydroxyl groups excluding tert-OH is 6. The standard InChI is InChI=1S/C15H21IO6.C15H21IO5.C14H19IO4.C14H19IO3.C12H17IO4.C11H15IO4.C4H9NO2.C4H8.ClH/c1-20-13(18)4-2-3-10(17)7-11-8-15(9-21-15)14(19)12(22-11)5-6-16;1-10-8-12(21-13(6-7-16)15(10)19)9-11(17)4-3-5-14(18)20-2;15-4-3-12-13(17)14(8-18-14)7-11(19-12)6-10(16)5-9-1-2-9;1-9-6-12(8-11(16)7-10-2-3-10)18-13(4-5-15)14(9)17;1-16-10(14)6-8-7-12(3-4-12)11(15)9(17-8)2-5-13;1-7-5-8(6-10(13)15-2)16-9(3-4-12)11(7)14;1-7-4(6)2-3-5;1-4-2-3-4;/h5-6,11-12,14,19H,2-4,7-9H2,1H3;6-7,12-13,15,19H,1,3-5,8-9H2,2H3;3-4,9,11-13,17H,1-2,5-8H2;4-5,10,12-14,17H,1-3,6-8H2;2,5,8-9,11,15H,3-4,6-7H2,1H3;3-4,8-9,11,14H,1,5-6H2,2H3;2-3,5H2,1H3;4H,2-3H2,1H3;1H/b6-5+;7-6+;4-3+;5-4+;5-2+;4-3+;;;/t11-,12-,14-,15-;12-,13+,15-;11-,12-,13-,14-;12-,13+,14-;8-,9-,11-;8-,9+,11-;;;/m101010.../s1. The molecule has 125 heavy (non-hydrogen) atoms. The number of Topliss-reactive ketones (excluding diaryl/α,β-unsaturated/α-hetero) is 4. The van der Waals surface area contributed by atoms with Crippen LogP contribution in [0.1, 0.15) is 193 Å². The molecule has 8 N–H and O–H groups in total. The Balaban J connectivity index is 0.000000307. The lowest BCUT2D eigenvalue weighted by Crippen LogP contribution is -2.50. The summed E-state index contributed by atoms with van der Waals surface area (Å²) in [7, 11) is 6.74. The van der Waals surface area contributed by atoms with Crippen LogP contribution in [0.2, 0.25) is 0 Å². The van der Waals surface area contributed by atoms with Crippen molar-refractivity contribution in [2.75, 3.05) is 55.3 Å². The van der Waals surface area contributed by atoms with Crippen LogP contribution < -0.4 is 5.73 Å². The number of hydrogen-bond acceptors (Lipinski definition) is 29. The summed E-state index contributed by atoms with van der Waals surface area (Å²) in [4.78, 5) is 102. The number of ketones is 4. The molecule has 0 unspecified atom stereocenters. The molecule has 708 valence electrons. The Hall–Kier alpha value is -2.24. The van der Waals surface area contributed by atoms with E-state index in [1.54, 1.807) is 30.5 Å². The van der Waals surface area contributed by atoms with Crippen LogP contribution in [0, 0.1) is 23.2 Å². The fourth-order valence-electron chi connectivity index (χ4n) is 14.7. The van der Waals surface area contributed by atoms with E-state index >= 15 is 0 Å². The highest BCUT2D eigenvalue weighted by Crippen LogP contribution is 2.57. The summed E-state index contributed by atoms with van der Waals surface area (Å²) < 4.78 is 78.8. The first-order valence-corrected chi connectivity index (χ1v) is 49.6. The van der Waals surface area contributed by atoms with Crippen molar-refractivity contribution in [2.45, 2.75) is 314 Å². The molecule has 0 radical (unpaired) electrons. The first-order chi connectivity index (χ1) is 59.1. The van der Waals surface area contributed by atoms with Crippen molar-refractivity contribution in [1.82, 2.24) is 0 Å². The molecule has 20 atom stereocenters. The van der Waals surface area contributed by atoms with Crippen LogP contribution in [0.25, 0.3) is 0 Å². The van der Waals surface area contributed by atoms with Crippen LogP contribution >= 0.6 is 148 Å². The highest BCUT2D eigenvalue weighted by molar-refractivity contribution is 14.1. The number of rotatable bonds is 32. The van der Waals surface area contributed by atoms with Gasteiger partial charge in [0.25, 0.3) is 0 Å². The molecule has 12 rings (SSSR count). The van der Waals surface area contributed by atoms with Gasteiger partial charge >= 0.3 is 29.8 Å². The fourth-order valence-corrected chi connectivity index (χ4v) is 17.1. The number of aliphatic hydroxyl groups is 6. The number of halogens is 7. The van der Waals surface area contributed by atoms with Gasteiger partial charge in [-0.1, -0.05) is 175 Å². The minimum Gasteiger partial charge on any atom is -0.469 e. The summed E-state index contributed by atoms with van der Waals surface area (Å²) in [6.07, 6.45) is 22.6. The highest BCUT2D eigenvalue weighted by Gasteiger charge is 2.60. The number of carbonyl (C=O) groups excluding carboxylic acids is 9. The molecule has 29 nitrogen and oxygen atoms in total. The Bertz CT molecular complexity index is 3610. The molecule has 8 aliphatic heterocycles. The van der Waals surface area contributed by atoms with E-state index < -0.39 is 66.1 Å². The molecule has 36 heteroatoms. The minimum absolute atomic E-state index is 0. The van der Waals surface area contributed by atoms with E-state index in [1.807, 2.05) is 30.5 Å². The van der Waals surface area contributed by atoms with Crippen molar-refractivity contribution in [2.24, 2.45) is 28.9 Å². The third-order valence-electron chi connectivity index (χ3n) is 22.7. The van der Waals surface area contributed by atoms with Crippen molar-refractivity contribution in [3.63, 3.8) is 0 Å². The highest BCUT2D eigenvalue weighted by atomic mass is 127. The molecule has 0 aromatic carbocycles. The lowest BCUT2D eigenvalue weighted by Gasteiger charge is -2.38. The molecule has 12 fully saturated rings. The van der Waals surface area contributed by atoms with Gasteiger partial charge in [0.05, 0.1) is 111 Å². The number of methoxy groups -OCH3 is 5. The van der Waals surface area contributed by atoms with Gasteiger partial charge in [-0.25, -0.2) is 0 Å². The average molecular weight is 2460 g/mol. The molecule has 0 aromatic rings. The fraction of sp³-hybridized carbons (Fsp3) is 0.697. The summed E-state index contributed by atoms with van der Waals surface area (Å²) in [5.41, 5.74) is 6.14. The minimum atomic E-state index is -0.721. The molecule has 4 aliphatic carbocycles. The molecular weight excluding hydrogens is 2330 g/mol. The second-order valence-electron chi connectivity index (χ2n) is 33.2. The van der Waals surface area contributed by atoms with E-state index in [9.17, 15) is 73.8 Å². The van der Waals surface area contributed by atoms with Gasteiger partial charge < -0.3 is 98.0 Å². The molecular formula is C89H130ClI6NO28. The molecule has 8 heterocycles. The summed E-state index contributed by atoms with van der Waals surface area (Å²) in [6.45, 7) is 15.3. The normalized spacial score (nSPS) is 31.5. The lowest BCUT2D eigenvalue weighted by molar-refractivity contribution is -0.158. The van der Waals surface area contributed by atoms with Crippen LogP contribution in [0.3, 0.4) is 0 Å². The van der Waals surface area contributed by atoms with Gasteiger partial charge in [-0.15, -0.1) is 12.4 Å². The second kappa shape index (κ2) is 60.2. The van der Waals surface area contributed by atoms with Gasteiger partial charge in [0.2, 0.25) is 0 Å². The van der Waals surface area contributed by atoms with Crippen LogP contribution in [0.4, 0.5) is 0 Å². The molecule has 0 amide bonds. The van der Waals surface area contributed by atoms with Crippen LogP contribution in [-0.2, 0) is 105 Å². The zero-order chi connectivity index (χ0) is 91.9. The predicted molar refractivity (Wildman–Crippen MR) is 521 cm³/mol. The van der Waals surface area contributed by atoms with Crippen LogP contribution in [0.15, 0.2) is 97.4 Å². The number of esters is 5. The van der Waals surface area contributed by atoms with Crippen molar-refractivity contribution < 1.29 is 135 Å². The molecule has 0 bridgehead atoms. The Morgan fingerprint density at radius 3 is 0.944 bits per heavy atom. The van der Waals surface area contributed by atoms with E-state index in [0.717, 1.165) is 30.8 Å².